The van der Waals surface area contributed by atoms with Crippen molar-refractivity contribution in [3.8, 4) is 0 Å². The molecule has 1 aliphatic rings. The quantitative estimate of drug-likeness (QED) is 0.755. The first-order valence-corrected chi connectivity index (χ1v) is 6.84. The SMILES string of the molecule is CC(C)c1[nH]ccc1C(=O)N1CCCC(O)(C(N)=O)C1. The number of aromatic amines is 1. The van der Waals surface area contributed by atoms with Gasteiger partial charge in [-0.2, -0.15) is 0 Å². The highest BCUT2D eigenvalue weighted by atomic mass is 16.3. The summed E-state index contributed by atoms with van der Waals surface area (Å²) in [7, 11) is 0. The monoisotopic (exact) mass is 279 g/mol. The van der Waals surface area contributed by atoms with Crippen LogP contribution in [0.2, 0.25) is 0 Å². The van der Waals surface area contributed by atoms with Crippen molar-refractivity contribution in [2.75, 3.05) is 13.1 Å². The first-order chi connectivity index (χ1) is 9.35. The lowest BCUT2D eigenvalue weighted by atomic mass is 9.91. The first-order valence-electron chi connectivity index (χ1n) is 6.84. The second-order valence-corrected chi connectivity index (χ2v) is 5.69. The van der Waals surface area contributed by atoms with Crippen LogP contribution in [0.15, 0.2) is 12.3 Å². The molecule has 2 rings (SSSR count). The number of piperidine rings is 1. The fourth-order valence-electron chi connectivity index (χ4n) is 2.63. The Balaban J connectivity index is 2.21. The third-order valence-corrected chi connectivity index (χ3v) is 3.80. The molecule has 6 heteroatoms. The van der Waals surface area contributed by atoms with Crippen LogP contribution in [-0.2, 0) is 4.79 Å². The van der Waals surface area contributed by atoms with Crippen molar-refractivity contribution in [2.24, 2.45) is 5.73 Å². The van der Waals surface area contributed by atoms with Gasteiger partial charge in [0, 0.05) is 18.4 Å². The highest BCUT2D eigenvalue weighted by molar-refractivity contribution is 5.96. The Kier molecular flexibility index (Phi) is 3.85. The molecule has 0 bridgehead atoms. The molecule has 0 radical (unpaired) electrons. The van der Waals surface area contributed by atoms with Gasteiger partial charge in [0.25, 0.3) is 11.8 Å². The Bertz CT molecular complexity index is 523. The van der Waals surface area contributed by atoms with Crippen LogP contribution in [0, 0.1) is 0 Å². The summed E-state index contributed by atoms with van der Waals surface area (Å²) in [4.78, 5) is 28.4. The van der Waals surface area contributed by atoms with Crippen molar-refractivity contribution in [2.45, 2.75) is 38.2 Å². The zero-order valence-electron chi connectivity index (χ0n) is 11.8. The van der Waals surface area contributed by atoms with Gasteiger partial charge in [0.2, 0.25) is 0 Å². The molecule has 2 heterocycles. The number of hydrogen-bond acceptors (Lipinski definition) is 3. The molecule has 4 N–H and O–H groups in total. The van der Waals surface area contributed by atoms with Gasteiger partial charge >= 0.3 is 0 Å². The topological polar surface area (TPSA) is 99.4 Å². The smallest absolute Gasteiger partial charge is 0.255 e. The van der Waals surface area contributed by atoms with E-state index in [0.29, 0.717) is 24.9 Å². The third-order valence-electron chi connectivity index (χ3n) is 3.80. The van der Waals surface area contributed by atoms with Gasteiger partial charge in [-0.1, -0.05) is 13.8 Å². The summed E-state index contributed by atoms with van der Waals surface area (Å²) in [5, 5.41) is 10.2. The molecule has 1 saturated heterocycles. The normalized spacial score (nSPS) is 23.1. The largest absolute Gasteiger partial charge is 0.378 e. The average Bonchev–Trinajstić information content (AvgIpc) is 2.87. The molecule has 1 aliphatic heterocycles. The van der Waals surface area contributed by atoms with Crippen LogP contribution >= 0.6 is 0 Å². The summed E-state index contributed by atoms with van der Waals surface area (Å²) in [5.41, 5.74) is 5.07. The van der Waals surface area contributed by atoms with Gasteiger partial charge in [0.1, 0.15) is 0 Å². The number of aromatic nitrogens is 1. The summed E-state index contributed by atoms with van der Waals surface area (Å²) in [6.45, 7) is 4.48. The summed E-state index contributed by atoms with van der Waals surface area (Å²) in [6.07, 6.45) is 2.59. The number of hydrogen-bond donors (Lipinski definition) is 3. The molecule has 110 valence electrons. The van der Waals surface area contributed by atoms with E-state index in [2.05, 4.69) is 4.98 Å². The molecular formula is C14H21N3O3. The van der Waals surface area contributed by atoms with E-state index in [-0.39, 0.29) is 18.4 Å². The minimum absolute atomic E-state index is 0.0378. The summed E-state index contributed by atoms with van der Waals surface area (Å²) in [5.74, 6) is -0.744. The average molecular weight is 279 g/mol. The number of β-amino-alcohol motifs (C(OH)–C–C–N with tert-alkyl or cyclic N) is 1. The van der Waals surface area contributed by atoms with Crippen molar-refractivity contribution in [3.05, 3.63) is 23.5 Å². The molecule has 20 heavy (non-hydrogen) atoms. The van der Waals surface area contributed by atoms with Gasteiger partial charge in [0.15, 0.2) is 5.60 Å². The Morgan fingerprint density at radius 3 is 2.80 bits per heavy atom. The van der Waals surface area contributed by atoms with E-state index in [9.17, 15) is 14.7 Å². The molecule has 1 aromatic rings. The van der Waals surface area contributed by atoms with Gasteiger partial charge in [-0.05, 0) is 24.8 Å². The standard InChI is InChI=1S/C14H21N3O3/c1-9(2)11-10(4-6-16-11)12(18)17-7-3-5-14(20,8-17)13(15)19/h4,6,9,16,20H,3,5,7-8H2,1-2H3,(H2,15,19). The fraction of sp³-hybridized carbons (Fsp3) is 0.571. The van der Waals surface area contributed by atoms with E-state index in [1.807, 2.05) is 13.8 Å². The lowest BCUT2D eigenvalue weighted by Gasteiger charge is -2.37. The molecule has 2 amide bonds. The van der Waals surface area contributed by atoms with Crippen molar-refractivity contribution >= 4 is 11.8 Å². The molecular weight excluding hydrogens is 258 g/mol. The van der Waals surface area contributed by atoms with Crippen LogP contribution < -0.4 is 5.73 Å². The lowest BCUT2D eigenvalue weighted by molar-refractivity contribution is -0.140. The predicted molar refractivity (Wildman–Crippen MR) is 74.2 cm³/mol. The number of amides is 2. The molecule has 1 atom stereocenters. The highest BCUT2D eigenvalue weighted by Gasteiger charge is 2.40. The molecule has 1 unspecified atom stereocenters. The number of likely N-dealkylation sites (tertiary alicyclic amines) is 1. The second kappa shape index (κ2) is 5.28. The molecule has 0 saturated carbocycles. The molecule has 0 aromatic carbocycles. The Morgan fingerprint density at radius 1 is 1.50 bits per heavy atom. The van der Waals surface area contributed by atoms with Crippen molar-refractivity contribution in [3.63, 3.8) is 0 Å². The summed E-state index contributed by atoms with van der Waals surface area (Å²) >= 11 is 0. The van der Waals surface area contributed by atoms with Gasteiger partial charge in [-0.15, -0.1) is 0 Å². The van der Waals surface area contributed by atoms with Crippen LogP contribution in [0.5, 0.6) is 0 Å². The van der Waals surface area contributed by atoms with Gasteiger partial charge in [-0.25, -0.2) is 0 Å². The van der Waals surface area contributed by atoms with E-state index >= 15 is 0 Å². The number of aliphatic hydroxyl groups is 1. The van der Waals surface area contributed by atoms with E-state index in [0.717, 1.165) is 5.69 Å². The maximum atomic E-state index is 12.5. The zero-order valence-corrected chi connectivity index (χ0v) is 11.8. The maximum absolute atomic E-state index is 12.5. The van der Waals surface area contributed by atoms with Crippen LogP contribution in [0.4, 0.5) is 0 Å². The highest BCUT2D eigenvalue weighted by Crippen LogP contribution is 2.25. The van der Waals surface area contributed by atoms with E-state index in [4.69, 9.17) is 5.73 Å². The number of primary amides is 1. The lowest BCUT2D eigenvalue weighted by Crippen LogP contribution is -2.57. The number of nitrogens with two attached hydrogens (primary N) is 1. The van der Waals surface area contributed by atoms with Gasteiger partial charge in [0.05, 0.1) is 12.1 Å². The minimum atomic E-state index is -1.61. The molecule has 6 nitrogen and oxygen atoms in total. The second-order valence-electron chi connectivity index (χ2n) is 5.69. The molecule has 0 spiro atoms. The zero-order chi connectivity index (χ0) is 14.9. The number of carbonyl (C=O) groups is 2. The minimum Gasteiger partial charge on any atom is -0.378 e. The Labute approximate surface area is 118 Å². The molecule has 1 fully saturated rings. The predicted octanol–water partition coefficient (Wildman–Crippen LogP) is 0.591. The molecule has 1 aromatic heterocycles. The van der Waals surface area contributed by atoms with Crippen LogP contribution in [0.25, 0.3) is 0 Å². The number of carbonyl (C=O) groups excluding carboxylic acids is 2. The Morgan fingerprint density at radius 2 is 2.20 bits per heavy atom. The van der Waals surface area contributed by atoms with Crippen LogP contribution in [-0.4, -0.2) is 45.5 Å². The van der Waals surface area contributed by atoms with Gasteiger partial charge < -0.3 is 20.7 Å². The number of nitrogens with zero attached hydrogens (tertiary/aromatic N) is 1. The third kappa shape index (κ3) is 2.56. The van der Waals surface area contributed by atoms with Crippen molar-refractivity contribution in [1.82, 2.24) is 9.88 Å². The van der Waals surface area contributed by atoms with E-state index in [1.54, 1.807) is 12.3 Å². The summed E-state index contributed by atoms with van der Waals surface area (Å²) < 4.78 is 0. The number of rotatable bonds is 3. The van der Waals surface area contributed by atoms with E-state index < -0.39 is 11.5 Å². The van der Waals surface area contributed by atoms with Crippen LogP contribution in [0.1, 0.15) is 48.7 Å². The van der Waals surface area contributed by atoms with Gasteiger partial charge in [-0.3, -0.25) is 9.59 Å². The van der Waals surface area contributed by atoms with Crippen molar-refractivity contribution in [1.29, 1.82) is 0 Å². The maximum Gasteiger partial charge on any atom is 0.255 e. The fourth-order valence-corrected chi connectivity index (χ4v) is 2.63. The van der Waals surface area contributed by atoms with Crippen LogP contribution in [0.3, 0.4) is 0 Å². The van der Waals surface area contributed by atoms with E-state index in [1.165, 1.54) is 4.90 Å². The van der Waals surface area contributed by atoms with Crippen molar-refractivity contribution < 1.29 is 14.7 Å². The number of nitrogens with one attached hydrogen (secondary N) is 1. The Hall–Kier alpha value is -1.82. The summed E-state index contributed by atoms with van der Waals surface area (Å²) in [6, 6.07) is 1.73. The number of H-pyrrole nitrogens is 1. The molecule has 0 aliphatic carbocycles. The first kappa shape index (κ1) is 14.6.